The topological polar surface area (TPSA) is 109 Å². The Morgan fingerprint density at radius 2 is 1.71 bits per heavy atom. The van der Waals surface area contributed by atoms with Crippen molar-refractivity contribution in [2.24, 2.45) is 0 Å². The molecule has 3 heterocycles. The van der Waals surface area contributed by atoms with Crippen LogP contribution in [0.1, 0.15) is 5.56 Å². The Balaban J connectivity index is 0.000000300. The highest BCUT2D eigenvalue weighted by Gasteiger charge is 2.12. The molecule has 0 amide bonds. The highest BCUT2D eigenvalue weighted by molar-refractivity contribution is 6.13. The van der Waals surface area contributed by atoms with Crippen LogP contribution in [0, 0.1) is 17.2 Å². The maximum atomic E-state index is 8.49. The van der Waals surface area contributed by atoms with Crippen LogP contribution in [0.2, 0.25) is 0 Å². The summed E-state index contributed by atoms with van der Waals surface area (Å²) in [5.41, 5.74) is 2.51. The van der Waals surface area contributed by atoms with Gasteiger partial charge in [0.15, 0.2) is 12.4 Å². The molecule has 6 nitrogen and oxygen atoms in total. The number of aryl methyl sites for hydroxylation is 1. The van der Waals surface area contributed by atoms with E-state index in [1.165, 1.54) is 32.6 Å². The standard InChI is InChI=1S/C17H13N2.ClHO4/c1-12-11-19-9-3-2-4-16(19)17-14(12)6-5-13-7-8-18-10-15(13)17;2-1(3,4)5/h2-11H,1H3;(H,2,3,4,5)/q+1;/p-1. The maximum Gasteiger partial charge on any atom is 0.219 e. The second-order valence-electron chi connectivity index (χ2n) is 5.27. The van der Waals surface area contributed by atoms with Crippen molar-refractivity contribution in [1.82, 2.24) is 4.98 Å². The first kappa shape index (κ1) is 16.5. The number of aromatic nitrogens is 2. The first-order valence-corrected chi connectivity index (χ1v) is 8.26. The molecule has 0 saturated carbocycles. The van der Waals surface area contributed by atoms with Gasteiger partial charge in [0.2, 0.25) is 5.52 Å². The molecule has 3 aromatic heterocycles. The molecule has 0 radical (unpaired) electrons. The van der Waals surface area contributed by atoms with Gasteiger partial charge in [-0.05, 0) is 29.8 Å². The minimum Gasteiger partial charge on any atom is -0.264 e. The fraction of sp³-hybridized carbons (Fsp3) is 0.0588. The Morgan fingerprint density at radius 1 is 0.958 bits per heavy atom. The van der Waals surface area contributed by atoms with Crippen molar-refractivity contribution in [2.75, 3.05) is 0 Å². The summed E-state index contributed by atoms with van der Waals surface area (Å²) in [6.45, 7) is 2.16. The van der Waals surface area contributed by atoms with Crippen molar-refractivity contribution in [3.8, 4) is 0 Å². The molecule has 0 N–H and O–H groups in total. The Hall–Kier alpha value is -2.35. The van der Waals surface area contributed by atoms with Gasteiger partial charge >= 0.3 is 0 Å². The smallest absolute Gasteiger partial charge is 0.219 e. The van der Waals surface area contributed by atoms with Crippen LogP contribution in [0.5, 0.6) is 0 Å². The van der Waals surface area contributed by atoms with Crippen LogP contribution in [0.4, 0.5) is 0 Å². The van der Waals surface area contributed by atoms with Gasteiger partial charge in [-0.15, -0.1) is 10.2 Å². The van der Waals surface area contributed by atoms with Crippen LogP contribution in [0.25, 0.3) is 27.1 Å². The van der Waals surface area contributed by atoms with Crippen molar-refractivity contribution in [2.45, 2.75) is 6.92 Å². The summed E-state index contributed by atoms with van der Waals surface area (Å²) in [7, 11) is -4.94. The van der Waals surface area contributed by atoms with E-state index in [0.717, 1.165) is 0 Å². The minimum absolute atomic E-state index is 1.22. The summed E-state index contributed by atoms with van der Waals surface area (Å²) in [5.74, 6) is 0. The van der Waals surface area contributed by atoms with Gasteiger partial charge in [-0.1, -0.05) is 12.1 Å². The van der Waals surface area contributed by atoms with Gasteiger partial charge in [0, 0.05) is 35.5 Å². The third kappa shape index (κ3) is 3.43. The van der Waals surface area contributed by atoms with Gasteiger partial charge in [-0.2, -0.15) is 4.40 Å². The fourth-order valence-electron chi connectivity index (χ4n) is 2.82. The van der Waals surface area contributed by atoms with E-state index >= 15 is 0 Å². The molecule has 0 bridgehead atoms. The second kappa shape index (κ2) is 6.27. The van der Waals surface area contributed by atoms with Crippen LogP contribution in [0.15, 0.2) is 61.2 Å². The molecule has 0 aliphatic heterocycles. The number of halogens is 1. The zero-order valence-electron chi connectivity index (χ0n) is 12.7. The van der Waals surface area contributed by atoms with Crippen molar-refractivity contribution in [1.29, 1.82) is 0 Å². The molecule has 1 aromatic carbocycles. The summed E-state index contributed by atoms with van der Waals surface area (Å²) in [6.07, 6.45) is 8.08. The number of pyridine rings is 3. The van der Waals surface area contributed by atoms with Crippen LogP contribution < -0.4 is 23.0 Å². The van der Waals surface area contributed by atoms with E-state index in [4.69, 9.17) is 18.6 Å². The quantitative estimate of drug-likeness (QED) is 0.290. The fourth-order valence-corrected chi connectivity index (χ4v) is 2.82. The van der Waals surface area contributed by atoms with E-state index < -0.39 is 10.2 Å². The van der Waals surface area contributed by atoms with Crippen LogP contribution in [-0.2, 0) is 0 Å². The van der Waals surface area contributed by atoms with E-state index in [0.29, 0.717) is 0 Å². The number of fused-ring (bicyclic) bond motifs is 5. The SMILES string of the molecule is Cc1c[n+]2ccccc2c2c1ccc1ccncc12.[O-][Cl+3]([O-])([O-])[O-]. The summed E-state index contributed by atoms with van der Waals surface area (Å²) in [5, 5.41) is 5.03. The normalized spacial score (nSPS) is 11.5. The number of nitrogens with zero attached hydrogens (tertiary/aromatic N) is 2. The monoisotopic (exact) mass is 344 g/mol. The molecule has 0 aliphatic carbocycles. The molecule has 0 aliphatic rings. The highest BCUT2D eigenvalue weighted by Crippen LogP contribution is 2.28. The summed E-state index contributed by atoms with van der Waals surface area (Å²) >= 11 is 0. The van der Waals surface area contributed by atoms with Gasteiger partial charge in [-0.3, -0.25) is 4.98 Å². The predicted molar refractivity (Wildman–Crippen MR) is 77.1 cm³/mol. The van der Waals surface area contributed by atoms with E-state index in [9.17, 15) is 0 Å². The van der Waals surface area contributed by atoms with Gasteiger partial charge in [0.05, 0.1) is 5.39 Å². The summed E-state index contributed by atoms with van der Waals surface area (Å²) < 4.78 is 36.2. The molecule has 0 atom stereocenters. The van der Waals surface area contributed by atoms with Gasteiger partial charge in [0.1, 0.15) is 0 Å². The lowest BCUT2D eigenvalue weighted by Gasteiger charge is -2.17. The summed E-state index contributed by atoms with van der Waals surface area (Å²) in [6, 6.07) is 12.7. The molecule has 24 heavy (non-hydrogen) atoms. The molecular formula is C17H13ClN2O4. The molecule has 7 heteroatoms. The first-order valence-electron chi connectivity index (χ1n) is 7.02. The molecule has 122 valence electrons. The zero-order chi connectivity index (χ0) is 17.3. The molecule has 4 rings (SSSR count). The maximum absolute atomic E-state index is 8.49. The number of benzene rings is 1. The first-order chi connectivity index (χ1) is 11.3. The van der Waals surface area contributed by atoms with E-state index in [1.807, 2.05) is 12.4 Å². The third-order valence-electron chi connectivity index (χ3n) is 3.73. The average molecular weight is 345 g/mol. The number of hydrogen-bond donors (Lipinski definition) is 0. The molecule has 0 fully saturated rings. The van der Waals surface area contributed by atoms with Crippen molar-refractivity contribution in [3.63, 3.8) is 0 Å². The Kier molecular flexibility index (Phi) is 4.31. The molecule has 4 aromatic rings. The van der Waals surface area contributed by atoms with Gasteiger partial charge in [0.25, 0.3) is 0 Å². The number of hydrogen-bond acceptors (Lipinski definition) is 5. The predicted octanol–water partition coefficient (Wildman–Crippen LogP) is -1.32. The summed E-state index contributed by atoms with van der Waals surface area (Å²) in [4.78, 5) is 4.29. The van der Waals surface area contributed by atoms with Gasteiger partial charge in [-0.25, -0.2) is 18.6 Å². The van der Waals surface area contributed by atoms with Crippen molar-refractivity contribution in [3.05, 3.63) is 66.7 Å². The van der Waals surface area contributed by atoms with Crippen LogP contribution in [-0.4, -0.2) is 4.98 Å². The Bertz CT molecular complexity index is 1010. The molecule has 0 unspecified atom stereocenters. The minimum atomic E-state index is -4.94. The highest BCUT2D eigenvalue weighted by atomic mass is 35.7. The number of rotatable bonds is 0. The van der Waals surface area contributed by atoms with Crippen LogP contribution >= 0.6 is 0 Å². The zero-order valence-corrected chi connectivity index (χ0v) is 13.4. The lowest BCUT2D eigenvalue weighted by atomic mass is 10.0. The Labute approximate surface area is 139 Å². The van der Waals surface area contributed by atoms with Crippen molar-refractivity contribution >= 4 is 27.1 Å². The van der Waals surface area contributed by atoms with E-state index in [2.05, 4.69) is 65.1 Å². The lowest BCUT2D eigenvalue weighted by Crippen LogP contribution is -2.68. The largest absolute Gasteiger partial charge is 0.264 e. The second-order valence-corrected chi connectivity index (χ2v) is 6.02. The van der Waals surface area contributed by atoms with Crippen LogP contribution in [0.3, 0.4) is 0 Å². The van der Waals surface area contributed by atoms with Gasteiger partial charge < -0.3 is 0 Å². The average Bonchev–Trinajstić information content (AvgIpc) is 2.53. The lowest BCUT2D eigenvalue weighted by molar-refractivity contribution is -2.00. The van der Waals surface area contributed by atoms with E-state index in [1.54, 1.807) is 0 Å². The molecule has 0 spiro atoms. The van der Waals surface area contributed by atoms with Crippen molar-refractivity contribution < 1.29 is 33.3 Å². The molecular weight excluding hydrogens is 332 g/mol. The molecule has 0 saturated heterocycles. The Morgan fingerprint density at radius 3 is 2.46 bits per heavy atom. The third-order valence-corrected chi connectivity index (χ3v) is 3.73. The van der Waals surface area contributed by atoms with E-state index in [-0.39, 0.29) is 0 Å².